The smallest absolute Gasteiger partial charge is 0.161 e. The van der Waals surface area contributed by atoms with Gasteiger partial charge < -0.3 is 19.5 Å². The summed E-state index contributed by atoms with van der Waals surface area (Å²) in [7, 11) is 0. The summed E-state index contributed by atoms with van der Waals surface area (Å²) in [6.45, 7) is 7.74. The van der Waals surface area contributed by atoms with Crippen molar-refractivity contribution in [1.29, 1.82) is 0 Å². The third-order valence-electron chi connectivity index (χ3n) is 5.39. The van der Waals surface area contributed by atoms with Crippen molar-refractivity contribution in [3.8, 4) is 11.1 Å². The Morgan fingerprint density at radius 3 is 2.69 bits per heavy atom. The zero-order valence-electron chi connectivity index (χ0n) is 16.6. The lowest BCUT2D eigenvalue weighted by Gasteiger charge is -2.29. The number of aryl methyl sites for hydroxylation is 2. The van der Waals surface area contributed by atoms with Crippen LogP contribution in [0.1, 0.15) is 17.3 Å². The van der Waals surface area contributed by atoms with E-state index >= 15 is 0 Å². The summed E-state index contributed by atoms with van der Waals surface area (Å²) in [5, 5.41) is 8.32. The SMILES string of the molecule is Cc1noc(C)c1-c1ccc2nc(C3=CCNC=C3)nc(N3CCOCC3)c2c1. The Hall–Kier alpha value is -3.19. The molecule has 0 aliphatic carbocycles. The van der Waals surface area contributed by atoms with Gasteiger partial charge in [0.05, 0.1) is 24.4 Å². The van der Waals surface area contributed by atoms with Gasteiger partial charge in [-0.15, -0.1) is 0 Å². The van der Waals surface area contributed by atoms with Crippen LogP contribution < -0.4 is 10.2 Å². The van der Waals surface area contributed by atoms with Crippen LogP contribution in [0.3, 0.4) is 0 Å². The number of allylic oxidation sites excluding steroid dienone is 2. The summed E-state index contributed by atoms with van der Waals surface area (Å²) in [6, 6.07) is 6.31. The largest absolute Gasteiger partial charge is 0.387 e. The predicted molar refractivity (Wildman–Crippen MR) is 113 cm³/mol. The molecule has 0 bridgehead atoms. The minimum atomic E-state index is 0.705. The van der Waals surface area contributed by atoms with Gasteiger partial charge in [0.15, 0.2) is 5.82 Å². The average molecular weight is 389 g/mol. The van der Waals surface area contributed by atoms with Crippen molar-refractivity contribution in [2.24, 2.45) is 0 Å². The van der Waals surface area contributed by atoms with Gasteiger partial charge in [-0.1, -0.05) is 17.3 Å². The third-order valence-corrected chi connectivity index (χ3v) is 5.39. The summed E-state index contributed by atoms with van der Waals surface area (Å²) >= 11 is 0. The molecule has 0 amide bonds. The Kier molecular flexibility index (Phi) is 4.52. The molecule has 0 radical (unpaired) electrons. The van der Waals surface area contributed by atoms with Crippen molar-refractivity contribution >= 4 is 22.3 Å². The molecule has 5 rings (SSSR count). The molecule has 3 aromatic rings. The molecule has 1 N–H and O–H groups in total. The first-order valence-electron chi connectivity index (χ1n) is 9.89. The maximum atomic E-state index is 5.56. The third kappa shape index (κ3) is 3.27. The number of morpholine rings is 1. The zero-order valence-corrected chi connectivity index (χ0v) is 16.6. The molecule has 0 spiro atoms. The van der Waals surface area contributed by atoms with Gasteiger partial charge >= 0.3 is 0 Å². The van der Waals surface area contributed by atoms with Gasteiger partial charge in [-0.25, -0.2) is 9.97 Å². The lowest BCUT2D eigenvalue weighted by Crippen LogP contribution is -2.37. The number of nitrogens with one attached hydrogen (secondary N) is 1. The number of ether oxygens (including phenoxy) is 1. The van der Waals surface area contributed by atoms with Crippen LogP contribution in [0.25, 0.3) is 27.6 Å². The molecule has 0 saturated carbocycles. The van der Waals surface area contributed by atoms with Gasteiger partial charge in [0.2, 0.25) is 0 Å². The van der Waals surface area contributed by atoms with Gasteiger partial charge in [-0.05, 0) is 43.8 Å². The predicted octanol–water partition coefficient (Wildman–Crippen LogP) is 3.24. The van der Waals surface area contributed by atoms with E-state index in [4.69, 9.17) is 19.2 Å². The molecule has 0 atom stereocenters. The monoisotopic (exact) mass is 389 g/mol. The first-order chi connectivity index (χ1) is 14.2. The number of rotatable bonds is 3. The quantitative estimate of drug-likeness (QED) is 0.737. The average Bonchev–Trinajstić information content (AvgIpc) is 3.12. The number of dihydropyridines is 1. The highest BCUT2D eigenvalue weighted by atomic mass is 16.5. The van der Waals surface area contributed by atoms with Crippen LogP contribution in [-0.4, -0.2) is 48.0 Å². The summed E-state index contributed by atoms with van der Waals surface area (Å²) in [4.78, 5) is 12.1. The Bertz CT molecular complexity index is 1110. The van der Waals surface area contributed by atoms with Crippen molar-refractivity contribution < 1.29 is 9.26 Å². The van der Waals surface area contributed by atoms with E-state index in [9.17, 15) is 0 Å². The number of aromatic nitrogens is 3. The van der Waals surface area contributed by atoms with Gasteiger partial charge in [-0.3, -0.25) is 0 Å². The minimum Gasteiger partial charge on any atom is -0.387 e. The van der Waals surface area contributed by atoms with Crippen LogP contribution in [0.15, 0.2) is 41.1 Å². The molecule has 4 heterocycles. The molecule has 2 aromatic heterocycles. The fourth-order valence-corrected chi connectivity index (χ4v) is 3.93. The Labute approximate surface area is 169 Å². The highest BCUT2D eigenvalue weighted by Crippen LogP contribution is 2.33. The molecule has 2 aliphatic rings. The lowest BCUT2D eigenvalue weighted by atomic mass is 10.0. The number of hydrogen-bond donors (Lipinski definition) is 1. The van der Waals surface area contributed by atoms with Crippen molar-refractivity contribution in [3.05, 3.63) is 53.8 Å². The van der Waals surface area contributed by atoms with Gasteiger partial charge in [0.25, 0.3) is 0 Å². The van der Waals surface area contributed by atoms with Crippen molar-refractivity contribution in [2.45, 2.75) is 13.8 Å². The van der Waals surface area contributed by atoms with E-state index in [1.165, 1.54) is 0 Å². The van der Waals surface area contributed by atoms with Gasteiger partial charge in [-0.2, -0.15) is 0 Å². The second kappa shape index (κ2) is 7.33. The maximum absolute atomic E-state index is 5.56. The summed E-state index contributed by atoms with van der Waals surface area (Å²) in [5.74, 6) is 2.52. The van der Waals surface area contributed by atoms with Crippen molar-refractivity contribution in [2.75, 3.05) is 37.7 Å². The molecule has 29 heavy (non-hydrogen) atoms. The molecular formula is C22H23N5O2. The molecule has 2 aliphatic heterocycles. The normalized spacial score (nSPS) is 16.8. The number of hydrogen-bond acceptors (Lipinski definition) is 7. The molecule has 1 saturated heterocycles. The number of benzene rings is 1. The zero-order chi connectivity index (χ0) is 19.8. The molecule has 7 nitrogen and oxygen atoms in total. The van der Waals surface area contributed by atoms with E-state index in [1.807, 2.05) is 26.1 Å². The van der Waals surface area contributed by atoms with E-state index < -0.39 is 0 Å². The van der Waals surface area contributed by atoms with Gasteiger partial charge in [0, 0.05) is 36.2 Å². The summed E-state index contributed by atoms with van der Waals surface area (Å²) < 4.78 is 10.9. The van der Waals surface area contributed by atoms with Gasteiger partial charge in [0.1, 0.15) is 11.6 Å². The Balaban J connectivity index is 1.69. The van der Waals surface area contributed by atoms with Crippen LogP contribution in [0, 0.1) is 13.8 Å². The van der Waals surface area contributed by atoms with E-state index in [0.29, 0.717) is 13.2 Å². The van der Waals surface area contributed by atoms with Crippen LogP contribution in [0.4, 0.5) is 5.82 Å². The number of nitrogens with zero attached hydrogens (tertiary/aromatic N) is 4. The topological polar surface area (TPSA) is 76.3 Å². The van der Waals surface area contributed by atoms with E-state index in [0.717, 1.165) is 70.3 Å². The van der Waals surface area contributed by atoms with E-state index in [2.05, 4.69) is 39.6 Å². The summed E-state index contributed by atoms with van der Waals surface area (Å²) in [6.07, 6.45) is 6.08. The molecule has 1 fully saturated rings. The molecule has 0 unspecified atom stereocenters. The van der Waals surface area contributed by atoms with E-state index in [-0.39, 0.29) is 0 Å². The standard InChI is InChI=1S/C22H23N5O2/c1-14-20(15(2)29-26-14)17-3-4-19-18(13-17)22(27-9-11-28-12-10-27)25-21(24-19)16-5-7-23-8-6-16/h3-7,13,23H,8-12H2,1-2H3. The molecular weight excluding hydrogens is 366 g/mol. The maximum Gasteiger partial charge on any atom is 0.161 e. The van der Waals surface area contributed by atoms with Crippen LogP contribution >= 0.6 is 0 Å². The highest BCUT2D eigenvalue weighted by Gasteiger charge is 2.20. The number of fused-ring (bicyclic) bond motifs is 1. The number of anilines is 1. The minimum absolute atomic E-state index is 0.705. The fraction of sp³-hybridized carbons (Fsp3) is 0.318. The van der Waals surface area contributed by atoms with Crippen LogP contribution in [0.5, 0.6) is 0 Å². The second-order valence-corrected chi connectivity index (χ2v) is 7.30. The highest BCUT2D eigenvalue weighted by molar-refractivity contribution is 5.94. The first-order valence-corrected chi connectivity index (χ1v) is 9.89. The summed E-state index contributed by atoms with van der Waals surface area (Å²) in [5.41, 5.74) is 4.96. The molecule has 1 aromatic carbocycles. The Morgan fingerprint density at radius 1 is 1.10 bits per heavy atom. The van der Waals surface area contributed by atoms with E-state index in [1.54, 1.807) is 0 Å². The first kappa shape index (κ1) is 17.9. The van der Waals surface area contributed by atoms with Crippen molar-refractivity contribution in [1.82, 2.24) is 20.4 Å². The molecule has 7 heteroatoms. The lowest BCUT2D eigenvalue weighted by molar-refractivity contribution is 0.122. The van der Waals surface area contributed by atoms with Crippen LogP contribution in [0.2, 0.25) is 0 Å². The molecule has 148 valence electrons. The Morgan fingerprint density at radius 2 is 1.97 bits per heavy atom. The van der Waals surface area contributed by atoms with Crippen LogP contribution in [-0.2, 0) is 4.74 Å². The second-order valence-electron chi connectivity index (χ2n) is 7.30. The van der Waals surface area contributed by atoms with Crippen molar-refractivity contribution in [3.63, 3.8) is 0 Å². The fourth-order valence-electron chi connectivity index (χ4n) is 3.93.